The summed E-state index contributed by atoms with van der Waals surface area (Å²) in [6, 6.07) is 5.79. The maximum atomic E-state index is 13.2. The molecule has 0 heterocycles. The van der Waals surface area contributed by atoms with Crippen LogP contribution >= 0.6 is 0 Å². The first-order valence-electron chi connectivity index (χ1n) is 4.92. The van der Waals surface area contributed by atoms with E-state index in [0.29, 0.717) is 12.8 Å². The van der Waals surface area contributed by atoms with Crippen molar-refractivity contribution in [3.63, 3.8) is 0 Å². The van der Waals surface area contributed by atoms with Crippen LogP contribution in [0.15, 0.2) is 24.3 Å². The van der Waals surface area contributed by atoms with Crippen LogP contribution in [0, 0.1) is 11.2 Å². The van der Waals surface area contributed by atoms with Gasteiger partial charge in [-0.2, -0.15) is 0 Å². The summed E-state index contributed by atoms with van der Waals surface area (Å²) in [5, 5.41) is 2.38. The van der Waals surface area contributed by atoms with Gasteiger partial charge >= 0.3 is 0 Å². The van der Waals surface area contributed by atoms with Crippen LogP contribution in [0.4, 0.5) is 10.1 Å². The molecule has 1 saturated carbocycles. The Kier molecular flexibility index (Phi) is 2.38. The molecular weight excluding hydrogens is 211 g/mol. The number of carbonyl (C=O) groups excluding carboxylic acids is 2. The van der Waals surface area contributed by atoms with E-state index in [1.807, 2.05) is 0 Å². The summed E-state index contributed by atoms with van der Waals surface area (Å²) >= 11 is 0. The Morgan fingerprint density at radius 3 is 2.44 bits per heavy atom. The summed E-state index contributed by atoms with van der Waals surface area (Å²) in [5.41, 5.74) is 4.08. The zero-order valence-electron chi connectivity index (χ0n) is 8.50. The number of primary amides is 1. The summed E-state index contributed by atoms with van der Waals surface area (Å²) in [6.07, 6.45) is 0.866. The number of amides is 2. The van der Waals surface area contributed by atoms with Gasteiger partial charge in [0.2, 0.25) is 11.8 Å². The van der Waals surface area contributed by atoms with E-state index in [4.69, 9.17) is 5.73 Å². The first kappa shape index (κ1) is 10.6. The van der Waals surface area contributed by atoms with Crippen molar-refractivity contribution in [2.24, 2.45) is 11.1 Å². The molecule has 3 N–H and O–H groups in total. The lowest BCUT2D eigenvalue weighted by Gasteiger charge is -2.11. The molecule has 4 nitrogen and oxygen atoms in total. The molecular formula is C11H11FN2O2. The van der Waals surface area contributed by atoms with Gasteiger partial charge in [0.25, 0.3) is 0 Å². The van der Waals surface area contributed by atoms with Crippen LogP contribution < -0.4 is 11.1 Å². The zero-order chi connectivity index (χ0) is 11.8. The van der Waals surface area contributed by atoms with Gasteiger partial charge in [0.05, 0.1) is 5.69 Å². The van der Waals surface area contributed by atoms with Crippen LogP contribution in [-0.2, 0) is 9.59 Å². The number of rotatable bonds is 3. The van der Waals surface area contributed by atoms with Crippen molar-refractivity contribution in [1.82, 2.24) is 0 Å². The predicted molar refractivity (Wildman–Crippen MR) is 55.9 cm³/mol. The average Bonchev–Trinajstić information content (AvgIpc) is 3.02. The molecule has 0 aliphatic heterocycles. The van der Waals surface area contributed by atoms with E-state index in [1.165, 1.54) is 18.2 Å². The van der Waals surface area contributed by atoms with E-state index in [-0.39, 0.29) is 5.69 Å². The number of hydrogen-bond donors (Lipinski definition) is 2. The van der Waals surface area contributed by atoms with Gasteiger partial charge in [0, 0.05) is 0 Å². The smallest absolute Gasteiger partial charge is 0.240 e. The van der Waals surface area contributed by atoms with E-state index >= 15 is 0 Å². The third-order valence-electron chi connectivity index (χ3n) is 2.78. The lowest BCUT2D eigenvalue weighted by atomic mass is 10.1. The normalized spacial score (nSPS) is 16.6. The summed E-state index contributed by atoms with van der Waals surface area (Å²) < 4.78 is 13.2. The Hall–Kier alpha value is -1.91. The van der Waals surface area contributed by atoms with Gasteiger partial charge in [-0.05, 0) is 25.0 Å². The van der Waals surface area contributed by atoms with Gasteiger partial charge in [-0.15, -0.1) is 0 Å². The molecule has 1 fully saturated rings. The van der Waals surface area contributed by atoms with Crippen LogP contribution in [0.2, 0.25) is 0 Å². The number of benzene rings is 1. The Labute approximate surface area is 91.6 Å². The fourth-order valence-electron chi connectivity index (χ4n) is 1.51. The van der Waals surface area contributed by atoms with Gasteiger partial charge in [0.1, 0.15) is 11.2 Å². The highest BCUT2D eigenvalue weighted by Gasteiger charge is 2.55. The second-order valence-corrected chi connectivity index (χ2v) is 3.88. The van der Waals surface area contributed by atoms with Gasteiger partial charge in [-0.1, -0.05) is 12.1 Å². The number of nitrogens with one attached hydrogen (secondary N) is 1. The Bertz CT molecular complexity index is 455. The SMILES string of the molecule is NC(=O)C1(C(=O)Nc2ccccc2F)CC1. The van der Waals surface area contributed by atoms with Crippen molar-refractivity contribution < 1.29 is 14.0 Å². The number of para-hydroxylation sites is 1. The van der Waals surface area contributed by atoms with Crippen molar-refractivity contribution in [3.05, 3.63) is 30.1 Å². The largest absolute Gasteiger partial charge is 0.369 e. The van der Waals surface area contributed by atoms with Crippen molar-refractivity contribution in [2.75, 3.05) is 5.32 Å². The monoisotopic (exact) mass is 222 g/mol. The molecule has 84 valence electrons. The topological polar surface area (TPSA) is 72.2 Å². The molecule has 0 aromatic heterocycles. The highest BCUT2D eigenvalue weighted by molar-refractivity contribution is 6.12. The first-order chi connectivity index (χ1) is 7.56. The maximum absolute atomic E-state index is 13.2. The lowest BCUT2D eigenvalue weighted by Crippen LogP contribution is -2.36. The standard InChI is InChI=1S/C11H11FN2O2/c12-7-3-1-2-4-8(7)14-10(16)11(5-6-11)9(13)15/h1-4H,5-6H2,(H2,13,15)(H,14,16). The van der Waals surface area contributed by atoms with Crippen LogP contribution in [0.3, 0.4) is 0 Å². The van der Waals surface area contributed by atoms with Crippen molar-refractivity contribution in [2.45, 2.75) is 12.8 Å². The zero-order valence-corrected chi connectivity index (χ0v) is 8.50. The fraction of sp³-hybridized carbons (Fsp3) is 0.273. The fourth-order valence-corrected chi connectivity index (χ4v) is 1.51. The van der Waals surface area contributed by atoms with Crippen molar-refractivity contribution in [1.29, 1.82) is 0 Å². The number of hydrogen-bond acceptors (Lipinski definition) is 2. The van der Waals surface area contributed by atoms with Gasteiger partial charge in [-0.3, -0.25) is 9.59 Å². The highest BCUT2D eigenvalue weighted by Crippen LogP contribution is 2.46. The highest BCUT2D eigenvalue weighted by atomic mass is 19.1. The molecule has 0 radical (unpaired) electrons. The summed E-state index contributed by atoms with van der Waals surface area (Å²) in [5.74, 6) is -1.71. The molecule has 0 saturated heterocycles. The van der Waals surface area contributed by atoms with Gasteiger partial charge < -0.3 is 11.1 Å². The second-order valence-electron chi connectivity index (χ2n) is 3.88. The molecule has 0 bridgehead atoms. The minimum Gasteiger partial charge on any atom is -0.369 e. The van der Waals surface area contributed by atoms with E-state index in [9.17, 15) is 14.0 Å². The molecule has 2 amide bonds. The van der Waals surface area contributed by atoms with E-state index in [0.717, 1.165) is 0 Å². The molecule has 0 spiro atoms. The molecule has 16 heavy (non-hydrogen) atoms. The minimum absolute atomic E-state index is 0.0695. The number of halogens is 1. The Morgan fingerprint density at radius 1 is 1.31 bits per heavy atom. The number of anilines is 1. The third-order valence-corrected chi connectivity index (χ3v) is 2.78. The van der Waals surface area contributed by atoms with Crippen LogP contribution in [0.5, 0.6) is 0 Å². The van der Waals surface area contributed by atoms with Crippen molar-refractivity contribution >= 4 is 17.5 Å². The van der Waals surface area contributed by atoms with Crippen molar-refractivity contribution in [3.8, 4) is 0 Å². The molecule has 1 aromatic rings. The Morgan fingerprint density at radius 2 is 1.94 bits per heavy atom. The second kappa shape index (κ2) is 3.59. The molecule has 1 aromatic carbocycles. The predicted octanol–water partition coefficient (Wildman–Crippen LogP) is 1.03. The third kappa shape index (κ3) is 1.64. The maximum Gasteiger partial charge on any atom is 0.240 e. The van der Waals surface area contributed by atoms with Crippen LogP contribution in [-0.4, -0.2) is 11.8 Å². The number of carbonyl (C=O) groups is 2. The Balaban J connectivity index is 2.15. The summed E-state index contributed by atoms with van der Waals surface area (Å²) in [4.78, 5) is 22.8. The molecule has 0 atom stereocenters. The van der Waals surface area contributed by atoms with E-state index in [1.54, 1.807) is 6.07 Å². The van der Waals surface area contributed by atoms with E-state index in [2.05, 4.69) is 5.32 Å². The van der Waals surface area contributed by atoms with Gasteiger partial charge in [-0.25, -0.2) is 4.39 Å². The van der Waals surface area contributed by atoms with Crippen LogP contribution in [0.25, 0.3) is 0 Å². The lowest BCUT2D eigenvalue weighted by molar-refractivity contribution is -0.132. The summed E-state index contributed by atoms with van der Waals surface area (Å²) in [6.45, 7) is 0. The molecule has 0 unspecified atom stereocenters. The molecule has 1 aliphatic rings. The van der Waals surface area contributed by atoms with E-state index < -0.39 is 23.0 Å². The quantitative estimate of drug-likeness (QED) is 0.750. The first-order valence-corrected chi connectivity index (χ1v) is 4.92. The average molecular weight is 222 g/mol. The summed E-state index contributed by atoms with van der Waals surface area (Å²) in [7, 11) is 0. The van der Waals surface area contributed by atoms with Gasteiger partial charge in [0.15, 0.2) is 0 Å². The molecule has 2 rings (SSSR count). The number of nitrogens with two attached hydrogens (primary N) is 1. The van der Waals surface area contributed by atoms with Crippen LogP contribution in [0.1, 0.15) is 12.8 Å². The molecule has 1 aliphatic carbocycles. The minimum atomic E-state index is -1.12. The molecule has 5 heteroatoms.